The van der Waals surface area contributed by atoms with Gasteiger partial charge in [-0.15, -0.1) is 0 Å². The Hall–Kier alpha value is -3.60. The maximum absolute atomic E-state index is 11.2. The van der Waals surface area contributed by atoms with Crippen molar-refractivity contribution in [2.24, 2.45) is 0 Å². The van der Waals surface area contributed by atoms with E-state index in [9.17, 15) is 4.79 Å². The van der Waals surface area contributed by atoms with E-state index in [2.05, 4.69) is 39.6 Å². The van der Waals surface area contributed by atoms with Crippen LogP contribution >= 0.6 is 0 Å². The number of carbonyl (C=O) groups excluding carboxylic acids is 1. The van der Waals surface area contributed by atoms with Crippen LogP contribution in [-0.4, -0.2) is 29.2 Å². The number of aromatic nitrogens is 2. The van der Waals surface area contributed by atoms with Crippen molar-refractivity contribution in [2.75, 3.05) is 13.7 Å². The van der Waals surface area contributed by atoms with Crippen LogP contribution in [0.15, 0.2) is 78.9 Å². The van der Waals surface area contributed by atoms with Crippen molar-refractivity contribution in [1.82, 2.24) is 9.55 Å². The summed E-state index contributed by atoms with van der Waals surface area (Å²) >= 11 is 0. The zero-order valence-electron chi connectivity index (χ0n) is 17.7. The van der Waals surface area contributed by atoms with Crippen LogP contribution in [0.3, 0.4) is 0 Å². The van der Waals surface area contributed by atoms with Gasteiger partial charge >= 0.3 is 5.97 Å². The Labute approximate surface area is 182 Å². The minimum Gasteiger partial charge on any atom is -0.494 e. The Bertz CT molecular complexity index is 1140. The molecule has 0 amide bonds. The number of nitrogens with zero attached hydrogens (tertiary/aromatic N) is 2. The molecule has 0 aliphatic rings. The summed E-state index contributed by atoms with van der Waals surface area (Å²) in [5.74, 6) is 1.56. The molecule has 31 heavy (non-hydrogen) atoms. The van der Waals surface area contributed by atoms with Gasteiger partial charge in [0.1, 0.15) is 11.6 Å². The van der Waals surface area contributed by atoms with Gasteiger partial charge in [-0.3, -0.25) is 9.36 Å². The quantitative estimate of drug-likeness (QED) is 0.256. The number of rotatable bonds is 9. The fourth-order valence-corrected chi connectivity index (χ4v) is 3.60. The SMILES string of the molecule is COC(=O)CCCCCOc1ccc2nc(-c3ccccc3)n(-c3ccccc3)c2c1. The zero-order valence-corrected chi connectivity index (χ0v) is 17.7. The predicted octanol–water partition coefficient (Wildman–Crippen LogP) is 5.80. The highest BCUT2D eigenvalue weighted by Gasteiger charge is 2.15. The number of esters is 1. The third-order valence-corrected chi connectivity index (χ3v) is 5.19. The van der Waals surface area contributed by atoms with Crippen LogP contribution < -0.4 is 4.74 Å². The molecule has 0 saturated carbocycles. The van der Waals surface area contributed by atoms with Crippen LogP contribution in [0.5, 0.6) is 5.75 Å². The normalized spacial score (nSPS) is 10.9. The van der Waals surface area contributed by atoms with Gasteiger partial charge in [-0.1, -0.05) is 48.5 Å². The highest BCUT2D eigenvalue weighted by Crippen LogP contribution is 2.30. The molecule has 1 heterocycles. The van der Waals surface area contributed by atoms with Crippen molar-refractivity contribution < 1.29 is 14.3 Å². The molecule has 0 bridgehead atoms. The lowest BCUT2D eigenvalue weighted by Gasteiger charge is -2.10. The molecular formula is C26H26N2O3. The Kier molecular flexibility index (Phi) is 6.62. The van der Waals surface area contributed by atoms with Crippen molar-refractivity contribution in [1.29, 1.82) is 0 Å². The van der Waals surface area contributed by atoms with Gasteiger partial charge in [0, 0.05) is 23.7 Å². The zero-order chi connectivity index (χ0) is 21.5. The van der Waals surface area contributed by atoms with Crippen LogP contribution in [-0.2, 0) is 9.53 Å². The minimum absolute atomic E-state index is 0.158. The third kappa shape index (κ3) is 4.94. The van der Waals surface area contributed by atoms with Gasteiger partial charge in [-0.2, -0.15) is 0 Å². The van der Waals surface area contributed by atoms with Gasteiger partial charge in [0.25, 0.3) is 0 Å². The van der Waals surface area contributed by atoms with Crippen molar-refractivity contribution >= 4 is 17.0 Å². The Morgan fingerprint density at radius 2 is 1.65 bits per heavy atom. The second-order valence-corrected chi connectivity index (χ2v) is 7.36. The number of ether oxygens (including phenoxy) is 2. The lowest BCUT2D eigenvalue weighted by Crippen LogP contribution is -2.01. The molecule has 0 radical (unpaired) electrons. The summed E-state index contributed by atoms with van der Waals surface area (Å²) in [5, 5.41) is 0. The lowest BCUT2D eigenvalue weighted by atomic mass is 10.2. The van der Waals surface area contributed by atoms with Crippen molar-refractivity contribution in [3.63, 3.8) is 0 Å². The number of fused-ring (bicyclic) bond motifs is 1. The average molecular weight is 415 g/mol. The van der Waals surface area contributed by atoms with Gasteiger partial charge in [0.05, 0.1) is 24.8 Å². The first-order valence-corrected chi connectivity index (χ1v) is 10.6. The Morgan fingerprint density at radius 1 is 0.903 bits per heavy atom. The smallest absolute Gasteiger partial charge is 0.305 e. The summed E-state index contributed by atoms with van der Waals surface area (Å²) < 4.78 is 12.8. The molecule has 0 saturated heterocycles. The Balaban J connectivity index is 1.56. The number of imidazole rings is 1. The number of unbranched alkanes of at least 4 members (excludes halogenated alkanes) is 2. The van der Waals surface area contributed by atoms with E-state index in [1.54, 1.807) is 0 Å². The van der Waals surface area contributed by atoms with E-state index >= 15 is 0 Å². The number of hydrogen-bond donors (Lipinski definition) is 0. The van der Waals surface area contributed by atoms with Crippen LogP contribution in [0.25, 0.3) is 28.1 Å². The molecule has 4 aromatic rings. The van der Waals surface area contributed by atoms with Crippen LogP contribution in [0.2, 0.25) is 0 Å². The molecule has 0 N–H and O–H groups in total. The van der Waals surface area contributed by atoms with Crippen molar-refractivity contribution in [3.05, 3.63) is 78.9 Å². The van der Waals surface area contributed by atoms with Gasteiger partial charge in [-0.25, -0.2) is 4.98 Å². The fourth-order valence-electron chi connectivity index (χ4n) is 3.60. The molecule has 5 heteroatoms. The van der Waals surface area contributed by atoms with Gasteiger partial charge in [-0.05, 0) is 43.5 Å². The van der Waals surface area contributed by atoms with Crippen LogP contribution in [0.4, 0.5) is 0 Å². The predicted molar refractivity (Wildman–Crippen MR) is 122 cm³/mol. The number of benzene rings is 3. The molecule has 3 aromatic carbocycles. The monoisotopic (exact) mass is 414 g/mol. The molecule has 5 nitrogen and oxygen atoms in total. The second-order valence-electron chi connectivity index (χ2n) is 7.36. The summed E-state index contributed by atoms with van der Waals surface area (Å²) in [4.78, 5) is 16.1. The maximum Gasteiger partial charge on any atom is 0.305 e. The molecule has 0 spiro atoms. The van der Waals surface area contributed by atoms with Crippen molar-refractivity contribution in [2.45, 2.75) is 25.7 Å². The summed E-state index contributed by atoms with van der Waals surface area (Å²) in [6.07, 6.45) is 3.09. The summed E-state index contributed by atoms with van der Waals surface area (Å²) in [6.45, 7) is 0.609. The molecule has 1 aromatic heterocycles. The van der Waals surface area contributed by atoms with E-state index in [1.807, 2.05) is 48.5 Å². The van der Waals surface area contributed by atoms with Gasteiger partial charge in [0.15, 0.2) is 0 Å². The molecule has 0 aliphatic carbocycles. The van der Waals surface area contributed by atoms with E-state index in [0.717, 1.165) is 53.1 Å². The van der Waals surface area contributed by atoms with E-state index in [-0.39, 0.29) is 5.97 Å². The molecule has 158 valence electrons. The van der Waals surface area contributed by atoms with Crippen LogP contribution in [0, 0.1) is 0 Å². The first-order valence-electron chi connectivity index (χ1n) is 10.6. The minimum atomic E-state index is -0.158. The molecular weight excluding hydrogens is 388 g/mol. The standard InChI is InChI=1S/C26H26N2O3/c1-30-25(29)15-9-4-10-18-31-22-16-17-23-24(19-22)28(21-13-7-3-8-14-21)26(27-23)20-11-5-2-6-12-20/h2-3,5-8,11-14,16-17,19H,4,9-10,15,18H2,1H3. The van der Waals surface area contributed by atoms with E-state index in [4.69, 9.17) is 9.72 Å². The first kappa shape index (κ1) is 20.7. The van der Waals surface area contributed by atoms with Gasteiger partial charge in [0.2, 0.25) is 0 Å². The molecule has 0 fully saturated rings. The van der Waals surface area contributed by atoms with Gasteiger partial charge < -0.3 is 9.47 Å². The molecule has 4 rings (SSSR count). The van der Waals surface area contributed by atoms with Crippen LogP contribution in [0.1, 0.15) is 25.7 Å². The van der Waals surface area contributed by atoms with E-state index < -0.39 is 0 Å². The largest absolute Gasteiger partial charge is 0.494 e. The molecule has 0 atom stereocenters. The number of hydrogen-bond acceptors (Lipinski definition) is 4. The topological polar surface area (TPSA) is 53.4 Å². The number of methoxy groups -OCH3 is 1. The second kappa shape index (κ2) is 9.94. The average Bonchev–Trinajstić information content (AvgIpc) is 3.21. The summed E-state index contributed by atoms with van der Waals surface area (Å²) in [7, 11) is 1.42. The summed E-state index contributed by atoms with van der Waals surface area (Å²) in [6, 6.07) is 26.5. The number of para-hydroxylation sites is 1. The van der Waals surface area contributed by atoms with Crippen molar-refractivity contribution in [3.8, 4) is 22.8 Å². The Morgan fingerprint density at radius 3 is 2.39 bits per heavy atom. The number of carbonyl (C=O) groups is 1. The highest BCUT2D eigenvalue weighted by molar-refractivity contribution is 5.84. The highest BCUT2D eigenvalue weighted by atomic mass is 16.5. The van der Waals surface area contributed by atoms with E-state index in [1.165, 1.54) is 7.11 Å². The maximum atomic E-state index is 11.2. The van der Waals surface area contributed by atoms with E-state index in [0.29, 0.717) is 13.0 Å². The first-order chi connectivity index (χ1) is 15.3. The summed E-state index contributed by atoms with van der Waals surface area (Å²) in [5.41, 5.74) is 4.06. The molecule has 0 aliphatic heterocycles. The molecule has 0 unspecified atom stereocenters. The third-order valence-electron chi connectivity index (χ3n) is 5.19. The fraction of sp³-hybridized carbons (Fsp3) is 0.231. The lowest BCUT2D eigenvalue weighted by molar-refractivity contribution is -0.140.